The lowest BCUT2D eigenvalue weighted by Crippen LogP contribution is -2.54. The number of piperazine rings is 1. The Labute approximate surface area is 128 Å². The molecule has 0 amide bonds. The van der Waals surface area contributed by atoms with Crippen LogP contribution in [0.5, 0.6) is 0 Å². The fourth-order valence-electron chi connectivity index (χ4n) is 3.65. The molecular weight excluding hydrogens is 260 g/mol. The number of rotatable bonds is 5. The van der Waals surface area contributed by atoms with Crippen LogP contribution >= 0.6 is 0 Å². The quantitative estimate of drug-likeness (QED) is 0.896. The molecule has 1 N–H and O–H groups in total. The molecule has 0 bridgehead atoms. The predicted octanol–water partition coefficient (Wildman–Crippen LogP) is 1.86. The highest BCUT2D eigenvalue weighted by Gasteiger charge is 2.34. The van der Waals surface area contributed by atoms with E-state index in [-0.39, 0.29) is 0 Å². The van der Waals surface area contributed by atoms with Gasteiger partial charge in [-0.3, -0.25) is 14.8 Å². The van der Waals surface area contributed by atoms with Crippen molar-refractivity contribution in [3.63, 3.8) is 0 Å². The maximum absolute atomic E-state index is 4.81. The van der Waals surface area contributed by atoms with Crippen LogP contribution < -0.4 is 5.32 Å². The molecule has 21 heavy (non-hydrogen) atoms. The zero-order valence-corrected chi connectivity index (χ0v) is 13.4. The standard InChI is InChI=1S/C17H28N4/c1-3-18-10-15-6-4-7-16(19-15)12-21-13-17-8-5-9-20(17)11-14(21)2/h4,6-7,14,17-18H,3,5,8-13H2,1-2H3. The Kier molecular flexibility index (Phi) is 4.88. The zero-order valence-electron chi connectivity index (χ0n) is 13.4. The van der Waals surface area contributed by atoms with Gasteiger partial charge < -0.3 is 5.32 Å². The average molecular weight is 288 g/mol. The van der Waals surface area contributed by atoms with E-state index in [4.69, 9.17) is 4.98 Å². The molecule has 2 fully saturated rings. The van der Waals surface area contributed by atoms with Gasteiger partial charge in [-0.25, -0.2) is 0 Å². The molecule has 4 heteroatoms. The van der Waals surface area contributed by atoms with Crippen molar-refractivity contribution >= 4 is 0 Å². The fourth-order valence-corrected chi connectivity index (χ4v) is 3.65. The molecule has 3 rings (SSSR count). The van der Waals surface area contributed by atoms with Crippen molar-refractivity contribution in [2.45, 2.75) is 51.9 Å². The SMILES string of the molecule is CCNCc1cccc(CN2CC3CCCN3CC2C)n1. The highest BCUT2D eigenvalue weighted by Crippen LogP contribution is 2.25. The van der Waals surface area contributed by atoms with E-state index in [9.17, 15) is 0 Å². The number of hydrogen-bond acceptors (Lipinski definition) is 4. The van der Waals surface area contributed by atoms with Crippen LogP contribution in [0.15, 0.2) is 18.2 Å². The molecule has 2 saturated heterocycles. The number of nitrogens with one attached hydrogen (secondary N) is 1. The zero-order chi connectivity index (χ0) is 14.7. The van der Waals surface area contributed by atoms with Crippen molar-refractivity contribution in [3.05, 3.63) is 29.6 Å². The molecule has 2 atom stereocenters. The summed E-state index contributed by atoms with van der Waals surface area (Å²) < 4.78 is 0. The lowest BCUT2D eigenvalue weighted by atomic mass is 10.1. The van der Waals surface area contributed by atoms with Crippen molar-refractivity contribution in [1.82, 2.24) is 20.1 Å². The van der Waals surface area contributed by atoms with Gasteiger partial charge in [-0.05, 0) is 45.0 Å². The Bertz CT molecular complexity index is 462. The van der Waals surface area contributed by atoms with Gasteiger partial charge in [-0.1, -0.05) is 13.0 Å². The van der Waals surface area contributed by atoms with Crippen LogP contribution in [-0.4, -0.2) is 53.0 Å². The van der Waals surface area contributed by atoms with Gasteiger partial charge in [0.25, 0.3) is 0 Å². The molecule has 116 valence electrons. The van der Waals surface area contributed by atoms with E-state index in [0.29, 0.717) is 6.04 Å². The van der Waals surface area contributed by atoms with Crippen molar-refractivity contribution in [2.24, 2.45) is 0 Å². The first-order valence-corrected chi connectivity index (χ1v) is 8.40. The molecule has 1 aromatic heterocycles. The number of pyridine rings is 1. The van der Waals surface area contributed by atoms with E-state index >= 15 is 0 Å². The van der Waals surface area contributed by atoms with Gasteiger partial charge in [0.1, 0.15) is 0 Å². The molecular formula is C17H28N4. The Morgan fingerprint density at radius 3 is 3.00 bits per heavy atom. The molecule has 0 spiro atoms. The third-order valence-corrected chi connectivity index (χ3v) is 4.85. The van der Waals surface area contributed by atoms with Crippen LogP contribution in [0.3, 0.4) is 0 Å². The summed E-state index contributed by atoms with van der Waals surface area (Å²) in [6.45, 7) is 11.1. The minimum atomic E-state index is 0.638. The van der Waals surface area contributed by atoms with Gasteiger partial charge in [0.2, 0.25) is 0 Å². The first-order chi connectivity index (χ1) is 10.3. The molecule has 0 aliphatic carbocycles. The molecule has 2 unspecified atom stereocenters. The molecule has 0 aromatic carbocycles. The second kappa shape index (κ2) is 6.86. The third kappa shape index (κ3) is 3.62. The average Bonchev–Trinajstić information content (AvgIpc) is 2.93. The fraction of sp³-hybridized carbons (Fsp3) is 0.706. The monoisotopic (exact) mass is 288 g/mol. The van der Waals surface area contributed by atoms with Crippen molar-refractivity contribution in [1.29, 1.82) is 0 Å². The Hall–Kier alpha value is -0.970. The summed E-state index contributed by atoms with van der Waals surface area (Å²) in [6.07, 6.45) is 2.75. The van der Waals surface area contributed by atoms with Crippen LogP contribution in [0.4, 0.5) is 0 Å². The van der Waals surface area contributed by atoms with Crippen LogP contribution in [-0.2, 0) is 13.1 Å². The van der Waals surface area contributed by atoms with Gasteiger partial charge in [-0.2, -0.15) is 0 Å². The van der Waals surface area contributed by atoms with Gasteiger partial charge in [0, 0.05) is 38.3 Å². The van der Waals surface area contributed by atoms with Gasteiger partial charge >= 0.3 is 0 Å². The molecule has 1 aromatic rings. The lowest BCUT2D eigenvalue weighted by molar-refractivity contribution is 0.0531. The van der Waals surface area contributed by atoms with Crippen LogP contribution in [0.2, 0.25) is 0 Å². The molecule has 0 radical (unpaired) electrons. The van der Waals surface area contributed by atoms with Crippen LogP contribution in [0, 0.1) is 0 Å². The largest absolute Gasteiger partial charge is 0.311 e. The molecule has 2 aliphatic heterocycles. The third-order valence-electron chi connectivity index (χ3n) is 4.85. The van der Waals surface area contributed by atoms with E-state index in [1.54, 1.807) is 0 Å². The maximum Gasteiger partial charge on any atom is 0.0548 e. The maximum atomic E-state index is 4.81. The summed E-state index contributed by atoms with van der Waals surface area (Å²) in [4.78, 5) is 10.1. The summed E-state index contributed by atoms with van der Waals surface area (Å²) in [7, 11) is 0. The highest BCUT2D eigenvalue weighted by atomic mass is 15.3. The smallest absolute Gasteiger partial charge is 0.0548 e. The van der Waals surface area contributed by atoms with Crippen LogP contribution in [0.1, 0.15) is 38.1 Å². The normalized spacial score (nSPS) is 27.0. The second-order valence-electron chi connectivity index (χ2n) is 6.47. The molecule has 4 nitrogen and oxygen atoms in total. The molecule has 2 aliphatic rings. The minimum absolute atomic E-state index is 0.638. The predicted molar refractivity (Wildman–Crippen MR) is 86.1 cm³/mol. The Morgan fingerprint density at radius 2 is 2.14 bits per heavy atom. The second-order valence-corrected chi connectivity index (χ2v) is 6.47. The Balaban J connectivity index is 1.62. The summed E-state index contributed by atoms with van der Waals surface area (Å²) >= 11 is 0. The lowest BCUT2D eigenvalue weighted by Gasteiger charge is -2.42. The topological polar surface area (TPSA) is 31.4 Å². The van der Waals surface area contributed by atoms with Gasteiger partial charge in [0.05, 0.1) is 11.4 Å². The van der Waals surface area contributed by atoms with E-state index in [2.05, 4.69) is 47.2 Å². The van der Waals surface area contributed by atoms with Crippen molar-refractivity contribution in [3.8, 4) is 0 Å². The summed E-state index contributed by atoms with van der Waals surface area (Å²) in [5.74, 6) is 0. The van der Waals surface area contributed by atoms with E-state index in [1.807, 2.05) is 0 Å². The number of aromatic nitrogens is 1. The first-order valence-electron chi connectivity index (χ1n) is 8.40. The first kappa shape index (κ1) is 14.9. The van der Waals surface area contributed by atoms with Crippen molar-refractivity contribution in [2.75, 3.05) is 26.2 Å². The van der Waals surface area contributed by atoms with Crippen LogP contribution in [0.25, 0.3) is 0 Å². The van der Waals surface area contributed by atoms with Crippen molar-refractivity contribution < 1.29 is 0 Å². The van der Waals surface area contributed by atoms with E-state index in [1.165, 1.54) is 38.2 Å². The number of hydrogen-bond donors (Lipinski definition) is 1. The number of nitrogens with zero attached hydrogens (tertiary/aromatic N) is 3. The molecule has 0 saturated carbocycles. The van der Waals surface area contributed by atoms with E-state index in [0.717, 1.165) is 31.4 Å². The summed E-state index contributed by atoms with van der Waals surface area (Å²) in [5, 5.41) is 3.35. The highest BCUT2D eigenvalue weighted by molar-refractivity contribution is 5.11. The molecule has 3 heterocycles. The van der Waals surface area contributed by atoms with Gasteiger partial charge in [-0.15, -0.1) is 0 Å². The summed E-state index contributed by atoms with van der Waals surface area (Å²) in [5.41, 5.74) is 2.37. The number of fused-ring (bicyclic) bond motifs is 1. The Morgan fingerprint density at radius 1 is 1.29 bits per heavy atom. The summed E-state index contributed by atoms with van der Waals surface area (Å²) in [6, 6.07) is 7.85. The van der Waals surface area contributed by atoms with E-state index < -0.39 is 0 Å². The van der Waals surface area contributed by atoms with Gasteiger partial charge in [0.15, 0.2) is 0 Å². The minimum Gasteiger partial charge on any atom is -0.311 e.